The van der Waals surface area contributed by atoms with Crippen LogP contribution in [0.2, 0.25) is 0 Å². The summed E-state index contributed by atoms with van der Waals surface area (Å²) in [6.07, 6.45) is -0.580. The van der Waals surface area contributed by atoms with Gasteiger partial charge in [0.2, 0.25) is 0 Å². The van der Waals surface area contributed by atoms with E-state index in [1.54, 1.807) is 7.11 Å². The van der Waals surface area contributed by atoms with E-state index in [1.165, 1.54) is 0 Å². The van der Waals surface area contributed by atoms with Gasteiger partial charge in [0.05, 0.1) is 13.7 Å². The lowest BCUT2D eigenvalue weighted by molar-refractivity contribution is 0.105. The van der Waals surface area contributed by atoms with Crippen molar-refractivity contribution >= 4 is 0 Å². The average molecular weight is 291 g/mol. The molecule has 0 amide bonds. The first-order chi connectivity index (χ1) is 10.2. The van der Waals surface area contributed by atoms with Crippen LogP contribution in [-0.4, -0.2) is 31.5 Å². The molecular weight excluding hydrogens is 270 g/mol. The highest BCUT2D eigenvalue weighted by Crippen LogP contribution is 2.17. The van der Waals surface area contributed by atoms with E-state index in [2.05, 4.69) is 5.32 Å². The maximum absolute atomic E-state index is 9.85. The smallest absolute Gasteiger partial charge is 0.119 e. The van der Waals surface area contributed by atoms with E-state index in [1.807, 2.05) is 43.3 Å². The molecule has 0 spiro atoms. The maximum Gasteiger partial charge on any atom is 0.119 e. The predicted molar refractivity (Wildman–Crippen MR) is 79.6 cm³/mol. The molecule has 0 aliphatic rings. The Labute approximate surface area is 124 Å². The minimum absolute atomic E-state index is 0.233. The van der Waals surface area contributed by atoms with Crippen LogP contribution in [0.1, 0.15) is 11.5 Å². The summed E-state index contributed by atoms with van der Waals surface area (Å²) in [5, 5.41) is 13.0. The second-order valence-electron chi connectivity index (χ2n) is 4.78. The Morgan fingerprint density at radius 2 is 1.86 bits per heavy atom. The number of aliphatic hydroxyl groups excluding tert-OH is 1. The molecular formula is C16H21NO4. The molecule has 2 rings (SSSR count). The molecule has 0 bridgehead atoms. The fourth-order valence-corrected chi connectivity index (χ4v) is 1.87. The zero-order valence-electron chi connectivity index (χ0n) is 12.3. The Kier molecular flexibility index (Phi) is 5.66. The van der Waals surface area contributed by atoms with E-state index in [9.17, 15) is 5.11 Å². The molecule has 21 heavy (non-hydrogen) atoms. The van der Waals surface area contributed by atoms with Gasteiger partial charge in [-0.1, -0.05) is 0 Å². The number of methoxy groups -OCH3 is 1. The van der Waals surface area contributed by atoms with Crippen LogP contribution in [0.15, 0.2) is 40.8 Å². The van der Waals surface area contributed by atoms with Gasteiger partial charge in [-0.15, -0.1) is 0 Å². The lowest BCUT2D eigenvalue weighted by atomic mass is 10.3. The lowest BCUT2D eigenvalue weighted by Gasteiger charge is -2.13. The van der Waals surface area contributed by atoms with Gasteiger partial charge in [0.25, 0.3) is 0 Å². The largest absolute Gasteiger partial charge is 0.497 e. The molecule has 1 unspecified atom stereocenters. The molecule has 0 aliphatic carbocycles. The van der Waals surface area contributed by atoms with Gasteiger partial charge in [-0.2, -0.15) is 0 Å². The van der Waals surface area contributed by atoms with E-state index >= 15 is 0 Å². The van der Waals surface area contributed by atoms with E-state index in [0.29, 0.717) is 18.8 Å². The Balaban J connectivity index is 1.65. The average Bonchev–Trinajstić information content (AvgIpc) is 2.91. The summed E-state index contributed by atoms with van der Waals surface area (Å²) >= 11 is 0. The van der Waals surface area contributed by atoms with Gasteiger partial charge >= 0.3 is 0 Å². The van der Waals surface area contributed by atoms with Gasteiger partial charge in [0.1, 0.15) is 35.7 Å². The van der Waals surface area contributed by atoms with Gasteiger partial charge in [-0.3, -0.25) is 0 Å². The van der Waals surface area contributed by atoms with Gasteiger partial charge in [-0.05, 0) is 43.3 Å². The summed E-state index contributed by atoms with van der Waals surface area (Å²) in [6, 6.07) is 11.1. The highest BCUT2D eigenvalue weighted by atomic mass is 16.5. The van der Waals surface area contributed by atoms with Crippen molar-refractivity contribution in [1.82, 2.24) is 5.32 Å². The minimum Gasteiger partial charge on any atom is -0.497 e. The molecule has 5 heteroatoms. The topological polar surface area (TPSA) is 63.9 Å². The van der Waals surface area contributed by atoms with E-state index in [4.69, 9.17) is 13.9 Å². The summed E-state index contributed by atoms with van der Waals surface area (Å²) in [6.45, 7) is 3.17. The molecule has 114 valence electrons. The number of aliphatic hydroxyl groups is 1. The van der Waals surface area contributed by atoms with Crippen LogP contribution >= 0.6 is 0 Å². The van der Waals surface area contributed by atoms with E-state index < -0.39 is 6.10 Å². The van der Waals surface area contributed by atoms with Crippen molar-refractivity contribution < 1.29 is 19.0 Å². The maximum atomic E-state index is 9.85. The van der Waals surface area contributed by atoms with E-state index in [-0.39, 0.29) is 6.61 Å². The number of nitrogens with one attached hydrogen (secondary N) is 1. The molecule has 1 aromatic heterocycles. The summed E-state index contributed by atoms with van der Waals surface area (Å²) in [4.78, 5) is 0. The molecule has 0 saturated carbocycles. The highest BCUT2D eigenvalue weighted by Gasteiger charge is 2.06. The number of aryl methyl sites for hydroxylation is 1. The molecule has 1 atom stereocenters. The van der Waals surface area contributed by atoms with Crippen LogP contribution in [0.4, 0.5) is 0 Å². The van der Waals surface area contributed by atoms with Crippen LogP contribution in [0.25, 0.3) is 0 Å². The third-order valence-corrected chi connectivity index (χ3v) is 2.98. The Morgan fingerprint density at radius 3 is 2.48 bits per heavy atom. The number of benzene rings is 1. The number of hydrogen-bond donors (Lipinski definition) is 2. The minimum atomic E-state index is -0.580. The highest BCUT2D eigenvalue weighted by molar-refractivity contribution is 5.31. The van der Waals surface area contributed by atoms with Gasteiger partial charge in [0, 0.05) is 6.54 Å². The fourth-order valence-electron chi connectivity index (χ4n) is 1.87. The summed E-state index contributed by atoms with van der Waals surface area (Å²) in [5.74, 6) is 3.22. The first-order valence-corrected chi connectivity index (χ1v) is 6.88. The normalized spacial score (nSPS) is 12.1. The molecule has 2 aromatic rings. The Bertz CT molecular complexity index is 535. The summed E-state index contributed by atoms with van der Waals surface area (Å²) in [7, 11) is 1.62. The van der Waals surface area contributed by atoms with Crippen LogP contribution in [-0.2, 0) is 6.54 Å². The zero-order chi connectivity index (χ0) is 15.1. The third kappa shape index (κ3) is 5.13. The molecule has 0 radical (unpaired) electrons. The Hall–Kier alpha value is -1.98. The van der Waals surface area contributed by atoms with Crippen LogP contribution < -0.4 is 14.8 Å². The molecule has 5 nitrogen and oxygen atoms in total. The second kappa shape index (κ2) is 7.71. The van der Waals surface area contributed by atoms with Crippen LogP contribution in [0.3, 0.4) is 0 Å². The van der Waals surface area contributed by atoms with Crippen molar-refractivity contribution in [3.63, 3.8) is 0 Å². The van der Waals surface area contributed by atoms with Crippen LogP contribution in [0.5, 0.6) is 11.5 Å². The summed E-state index contributed by atoms with van der Waals surface area (Å²) in [5.41, 5.74) is 0. The quantitative estimate of drug-likeness (QED) is 0.780. The zero-order valence-corrected chi connectivity index (χ0v) is 12.3. The monoisotopic (exact) mass is 291 g/mol. The van der Waals surface area contributed by atoms with Crippen molar-refractivity contribution in [2.24, 2.45) is 0 Å². The van der Waals surface area contributed by atoms with Gasteiger partial charge in [0.15, 0.2) is 0 Å². The first-order valence-electron chi connectivity index (χ1n) is 6.88. The van der Waals surface area contributed by atoms with Crippen molar-refractivity contribution in [3.05, 3.63) is 47.9 Å². The SMILES string of the molecule is COc1ccc(OCC(O)CNCc2ccc(C)o2)cc1. The van der Waals surface area contributed by atoms with Crippen molar-refractivity contribution in [3.8, 4) is 11.5 Å². The van der Waals surface area contributed by atoms with Crippen molar-refractivity contribution in [1.29, 1.82) is 0 Å². The number of hydrogen-bond acceptors (Lipinski definition) is 5. The number of ether oxygens (including phenoxy) is 2. The fraction of sp³-hybridized carbons (Fsp3) is 0.375. The molecule has 2 N–H and O–H groups in total. The molecule has 1 aromatic carbocycles. The number of furan rings is 1. The lowest BCUT2D eigenvalue weighted by Crippen LogP contribution is -2.31. The van der Waals surface area contributed by atoms with Crippen LogP contribution in [0, 0.1) is 6.92 Å². The van der Waals surface area contributed by atoms with Crippen molar-refractivity contribution in [2.45, 2.75) is 19.6 Å². The third-order valence-electron chi connectivity index (χ3n) is 2.98. The number of rotatable bonds is 8. The molecule has 0 fully saturated rings. The van der Waals surface area contributed by atoms with Gasteiger partial charge in [-0.25, -0.2) is 0 Å². The Morgan fingerprint density at radius 1 is 1.14 bits per heavy atom. The molecule has 0 aliphatic heterocycles. The molecule has 0 saturated heterocycles. The second-order valence-corrected chi connectivity index (χ2v) is 4.78. The van der Waals surface area contributed by atoms with E-state index in [0.717, 1.165) is 17.3 Å². The predicted octanol–water partition coefficient (Wildman–Crippen LogP) is 2.13. The van der Waals surface area contributed by atoms with Crippen molar-refractivity contribution in [2.75, 3.05) is 20.3 Å². The first kappa shape index (κ1) is 15.4. The standard InChI is InChI=1S/C16H21NO4/c1-12-3-4-16(21-12)10-17-9-13(18)11-20-15-7-5-14(19-2)6-8-15/h3-8,13,17-18H,9-11H2,1-2H3. The van der Waals surface area contributed by atoms with Gasteiger partial charge < -0.3 is 24.3 Å². The summed E-state index contributed by atoms with van der Waals surface area (Å²) < 4.78 is 16.0. The molecule has 1 heterocycles.